The molecule has 114 valence electrons. The third-order valence-corrected chi connectivity index (χ3v) is 4.55. The Morgan fingerprint density at radius 1 is 1.41 bits per heavy atom. The molecule has 3 heterocycles. The number of nitrogens with one attached hydrogen (secondary N) is 1. The van der Waals surface area contributed by atoms with Crippen LogP contribution < -0.4 is 10.5 Å². The zero-order valence-corrected chi connectivity index (χ0v) is 13.2. The van der Waals surface area contributed by atoms with Crippen molar-refractivity contribution in [1.29, 1.82) is 5.26 Å². The zero-order chi connectivity index (χ0) is 15.5. The summed E-state index contributed by atoms with van der Waals surface area (Å²) in [6, 6.07) is 4.01. The highest BCUT2D eigenvalue weighted by Gasteiger charge is 2.21. The molecule has 0 bridgehead atoms. The molecule has 22 heavy (non-hydrogen) atoms. The lowest BCUT2D eigenvalue weighted by Crippen LogP contribution is -2.45. The molecule has 1 saturated heterocycles. The number of hydrogen-bond acceptors (Lipinski definition) is 6. The highest BCUT2D eigenvalue weighted by atomic mass is 32.1. The van der Waals surface area contributed by atoms with Gasteiger partial charge < -0.3 is 14.8 Å². The molecule has 0 atom stereocenters. The van der Waals surface area contributed by atoms with Crippen LogP contribution in [0.4, 0.5) is 5.82 Å². The minimum Gasteiger partial charge on any atom is -0.353 e. The lowest BCUT2D eigenvalue weighted by molar-refractivity contribution is 0.312. The second-order valence-corrected chi connectivity index (χ2v) is 6.20. The second-order valence-electron chi connectivity index (χ2n) is 5.42. The Hall–Kier alpha value is -2.17. The number of rotatable bonds is 3. The van der Waals surface area contributed by atoms with Crippen LogP contribution in [0, 0.1) is 11.3 Å². The Labute approximate surface area is 132 Å². The lowest BCUT2D eigenvalue weighted by atomic mass is 10.2. The minimum absolute atomic E-state index is 0.110. The van der Waals surface area contributed by atoms with Gasteiger partial charge in [0.1, 0.15) is 11.9 Å². The highest BCUT2D eigenvalue weighted by molar-refractivity contribution is 7.07. The Morgan fingerprint density at radius 3 is 2.82 bits per heavy atom. The molecule has 0 radical (unpaired) electrons. The van der Waals surface area contributed by atoms with E-state index in [0.717, 1.165) is 31.7 Å². The third kappa shape index (κ3) is 3.03. The van der Waals surface area contributed by atoms with E-state index in [9.17, 15) is 10.1 Å². The van der Waals surface area contributed by atoms with Crippen LogP contribution >= 0.6 is 11.3 Å². The number of hydrogen-bond donors (Lipinski definition) is 1. The van der Waals surface area contributed by atoms with Crippen LogP contribution in [0.3, 0.4) is 0 Å². The van der Waals surface area contributed by atoms with Crippen molar-refractivity contribution in [2.45, 2.75) is 6.42 Å². The van der Waals surface area contributed by atoms with Gasteiger partial charge >= 0.3 is 0 Å². The van der Waals surface area contributed by atoms with Gasteiger partial charge in [-0.1, -0.05) is 0 Å². The van der Waals surface area contributed by atoms with E-state index in [0.29, 0.717) is 18.1 Å². The number of piperazine rings is 1. The molecule has 1 aliphatic heterocycles. The van der Waals surface area contributed by atoms with E-state index in [1.807, 2.05) is 27.8 Å². The maximum Gasteiger partial charge on any atom is 0.271 e. The van der Waals surface area contributed by atoms with Crippen LogP contribution in [0.2, 0.25) is 0 Å². The summed E-state index contributed by atoms with van der Waals surface area (Å²) in [4.78, 5) is 23.7. The van der Waals surface area contributed by atoms with Gasteiger partial charge in [0.05, 0.1) is 0 Å². The Morgan fingerprint density at radius 2 is 2.18 bits per heavy atom. The maximum atomic E-state index is 12.2. The first-order chi connectivity index (χ1) is 10.7. The molecular formula is C15H17N5OS. The van der Waals surface area contributed by atoms with Gasteiger partial charge in [-0.15, -0.1) is 0 Å². The predicted molar refractivity (Wildman–Crippen MR) is 86.4 cm³/mol. The standard InChI is InChI=1S/C15H17N5OS/c1-19-3-5-20(6-4-19)14-12(9-16)15(21)18-13(17-14)8-11-2-7-22-10-11/h2,7,10H,3-6,8H2,1H3,(H,17,18,21). The summed E-state index contributed by atoms with van der Waals surface area (Å²) in [5, 5.41) is 13.3. The quantitative estimate of drug-likeness (QED) is 0.916. The average molecular weight is 315 g/mol. The fourth-order valence-electron chi connectivity index (χ4n) is 2.52. The molecule has 6 nitrogen and oxygen atoms in total. The minimum atomic E-state index is -0.350. The lowest BCUT2D eigenvalue weighted by Gasteiger charge is -2.33. The van der Waals surface area contributed by atoms with Crippen LogP contribution in [0.1, 0.15) is 17.0 Å². The SMILES string of the molecule is CN1CCN(c2nc(Cc3ccsc3)[nH]c(=O)c2C#N)CC1. The molecule has 1 fully saturated rings. The number of thiophene rings is 1. The molecule has 0 amide bonds. The molecule has 2 aromatic rings. The van der Waals surface area contributed by atoms with Gasteiger partial charge in [0.25, 0.3) is 5.56 Å². The summed E-state index contributed by atoms with van der Waals surface area (Å²) in [5.41, 5.74) is 0.873. The first-order valence-corrected chi connectivity index (χ1v) is 8.09. The average Bonchev–Trinajstić information content (AvgIpc) is 3.00. The van der Waals surface area contributed by atoms with Gasteiger partial charge in [-0.05, 0) is 29.4 Å². The van der Waals surface area contributed by atoms with Crippen molar-refractivity contribution < 1.29 is 0 Å². The molecule has 0 spiro atoms. The van der Waals surface area contributed by atoms with Crippen molar-refractivity contribution in [2.24, 2.45) is 0 Å². The van der Waals surface area contributed by atoms with Crippen molar-refractivity contribution in [3.63, 3.8) is 0 Å². The molecule has 0 unspecified atom stereocenters. The van der Waals surface area contributed by atoms with Gasteiger partial charge in [0.2, 0.25) is 0 Å². The number of anilines is 1. The number of likely N-dealkylation sites (N-methyl/N-ethyl adjacent to an activating group) is 1. The zero-order valence-electron chi connectivity index (χ0n) is 12.4. The molecule has 3 rings (SSSR count). The van der Waals surface area contributed by atoms with Crippen LogP contribution in [0.25, 0.3) is 0 Å². The molecule has 0 aromatic carbocycles. The molecule has 0 saturated carbocycles. The Bertz CT molecular complexity index is 738. The number of nitriles is 1. The van der Waals surface area contributed by atoms with E-state index >= 15 is 0 Å². The van der Waals surface area contributed by atoms with Crippen molar-refractivity contribution in [1.82, 2.24) is 14.9 Å². The summed E-state index contributed by atoms with van der Waals surface area (Å²) < 4.78 is 0. The summed E-state index contributed by atoms with van der Waals surface area (Å²) in [6.45, 7) is 3.36. The predicted octanol–water partition coefficient (Wildman–Crippen LogP) is 1.05. The van der Waals surface area contributed by atoms with E-state index in [4.69, 9.17) is 0 Å². The van der Waals surface area contributed by atoms with Crippen LogP contribution in [0.5, 0.6) is 0 Å². The summed E-state index contributed by atoms with van der Waals surface area (Å²) in [6.07, 6.45) is 0.575. The highest BCUT2D eigenvalue weighted by Crippen LogP contribution is 2.17. The van der Waals surface area contributed by atoms with Crippen LogP contribution in [-0.4, -0.2) is 48.1 Å². The molecule has 1 aliphatic rings. The second kappa shape index (κ2) is 6.30. The van der Waals surface area contributed by atoms with Gasteiger partial charge in [-0.25, -0.2) is 4.98 Å². The molecule has 7 heteroatoms. The summed E-state index contributed by atoms with van der Waals surface area (Å²) in [7, 11) is 2.07. The largest absolute Gasteiger partial charge is 0.353 e. The monoisotopic (exact) mass is 315 g/mol. The van der Waals surface area contributed by atoms with E-state index in [-0.39, 0.29) is 11.1 Å². The molecule has 0 aliphatic carbocycles. The Kier molecular flexibility index (Phi) is 4.22. The molecule has 1 N–H and O–H groups in total. The summed E-state index contributed by atoms with van der Waals surface area (Å²) in [5.74, 6) is 1.13. The van der Waals surface area contributed by atoms with Crippen molar-refractivity contribution in [2.75, 3.05) is 38.1 Å². The van der Waals surface area contributed by atoms with Gasteiger partial charge in [0, 0.05) is 32.6 Å². The fourth-order valence-corrected chi connectivity index (χ4v) is 3.19. The first kappa shape index (κ1) is 14.8. The van der Waals surface area contributed by atoms with Crippen LogP contribution in [-0.2, 0) is 6.42 Å². The Balaban J connectivity index is 1.94. The maximum absolute atomic E-state index is 12.2. The van der Waals surface area contributed by atoms with Gasteiger partial charge in [-0.2, -0.15) is 16.6 Å². The number of aromatic amines is 1. The normalized spacial score (nSPS) is 15.7. The third-order valence-electron chi connectivity index (χ3n) is 3.82. The van der Waals surface area contributed by atoms with E-state index in [2.05, 4.69) is 21.9 Å². The van der Waals surface area contributed by atoms with Crippen molar-refractivity contribution in [3.05, 3.63) is 44.1 Å². The smallest absolute Gasteiger partial charge is 0.271 e. The van der Waals surface area contributed by atoms with E-state index in [1.54, 1.807) is 11.3 Å². The van der Waals surface area contributed by atoms with Crippen molar-refractivity contribution in [3.8, 4) is 6.07 Å². The first-order valence-electron chi connectivity index (χ1n) is 7.15. The number of H-pyrrole nitrogens is 1. The number of aromatic nitrogens is 2. The fraction of sp³-hybridized carbons (Fsp3) is 0.400. The van der Waals surface area contributed by atoms with Gasteiger partial charge in [-0.3, -0.25) is 4.79 Å². The van der Waals surface area contributed by atoms with Crippen LogP contribution in [0.15, 0.2) is 21.6 Å². The molecule has 2 aromatic heterocycles. The summed E-state index contributed by atoms with van der Waals surface area (Å²) >= 11 is 1.62. The van der Waals surface area contributed by atoms with Gasteiger partial charge in [0.15, 0.2) is 11.4 Å². The van der Waals surface area contributed by atoms with Crippen molar-refractivity contribution >= 4 is 17.2 Å². The molecular weight excluding hydrogens is 298 g/mol. The van der Waals surface area contributed by atoms with E-state index in [1.165, 1.54) is 0 Å². The van der Waals surface area contributed by atoms with E-state index < -0.39 is 0 Å². The number of nitrogens with zero attached hydrogens (tertiary/aromatic N) is 4. The topological polar surface area (TPSA) is 76.0 Å².